The zero-order valence-electron chi connectivity index (χ0n) is 16.1. The second-order valence-electron chi connectivity index (χ2n) is 6.34. The number of aromatic nitrogens is 4. The van der Waals surface area contributed by atoms with E-state index in [1.165, 1.54) is 24.9 Å². The predicted octanol–water partition coefficient (Wildman–Crippen LogP) is 0.513. The molecule has 0 radical (unpaired) electrons. The number of carbonyl (C=O) groups excluding carboxylic acids is 1. The third kappa shape index (κ3) is 3.48. The summed E-state index contributed by atoms with van der Waals surface area (Å²) in [6.07, 6.45) is 1.54. The van der Waals surface area contributed by atoms with Gasteiger partial charge in [-0.15, -0.1) is 0 Å². The molecule has 1 amide bonds. The van der Waals surface area contributed by atoms with E-state index >= 15 is 0 Å². The molecule has 0 atom stereocenters. The summed E-state index contributed by atoms with van der Waals surface area (Å²) in [6.45, 7) is 2.35. The Labute approximate surface area is 160 Å². The average molecular weight is 386 g/mol. The normalized spacial score (nSPS) is 10.9. The third-order valence-corrected chi connectivity index (χ3v) is 4.41. The fourth-order valence-corrected chi connectivity index (χ4v) is 3.00. The number of nitrogens with zero attached hydrogens (tertiary/aromatic N) is 4. The number of hydrogen-bond donors (Lipinski definition) is 2. The minimum atomic E-state index is -0.416. The van der Waals surface area contributed by atoms with Gasteiger partial charge in [0.1, 0.15) is 5.75 Å². The van der Waals surface area contributed by atoms with Crippen LogP contribution in [0.5, 0.6) is 5.75 Å². The number of hydrogen-bond acceptors (Lipinski definition) is 6. The first-order valence-corrected chi connectivity index (χ1v) is 8.64. The summed E-state index contributed by atoms with van der Waals surface area (Å²) in [6, 6.07) is 5.28. The van der Waals surface area contributed by atoms with Crippen LogP contribution in [-0.4, -0.2) is 38.2 Å². The molecule has 0 unspecified atom stereocenters. The summed E-state index contributed by atoms with van der Waals surface area (Å²) in [5.41, 5.74) is 1.26. The maximum atomic E-state index is 12.5. The smallest absolute Gasteiger partial charge is 0.332 e. The van der Waals surface area contributed by atoms with E-state index in [2.05, 4.69) is 15.6 Å². The molecule has 0 bridgehead atoms. The number of anilines is 2. The number of rotatable bonds is 6. The van der Waals surface area contributed by atoms with Crippen molar-refractivity contribution in [2.24, 2.45) is 14.1 Å². The molecule has 0 fully saturated rings. The average Bonchev–Trinajstić information content (AvgIpc) is 3.08. The number of fused-ring (bicyclic) bond motifs is 1. The van der Waals surface area contributed by atoms with Gasteiger partial charge in [-0.25, -0.2) is 9.78 Å². The van der Waals surface area contributed by atoms with Crippen molar-refractivity contribution in [3.63, 3.8) is 0 Å². The van der Waals surface area contributed by atoms with Crippen molar-refractivity contribution >= 4 is 28.4 Å². The highest BCUT2D eigenvalue weighted by molar-refractivity contribution is 5.89. The van der Waals surface area contributed by atoms with E-state index in [4.69, 9.17) is 4.74 Å². The molecular weight excluding hydrogens is 364 g/mol. The fourth-order valence-electron chi connectivity index (χ4n) is 3.00. The van der Waals surface area contributed by atoms with E-state index in [-0.39, 0.29) is 11.5 Å². The van der Waals surface area contributed by atoms with Gasteiger partial charge in [0.25, 0.3) is 5.56 Å². The molecule has 28 heavy (non-hydrogen) atoms. The minimum absolute atomic E-state index is 0.164. The summed E-state index contributed by atoms with van der Waals surface area (Å²) in [7, 11) is 4.59. The van der Waals surface area contributed by atoms with Crippen molar-refractivity contribution in [3.05, 3.63) is 45.4 Å². The highest BCUT2D eigenvalue weighted by atomic mass is 16.5. The van der Waals surface area contributed by atoms with Gasteiger partial charge in [0, 0.05) is 39.8 Å². The van der Waals surface area contributed by atoms with Crippen LogP contribution in [-0.2, 0) is 25.4 Å². The van der Waals surface area contributed by atoms with E-state index in [0.29, 0.717) is 41.4 Å². The van der Waals surface area contributed by atoms with Crippen LogP contribution in [0.3, 0.4) is 0 Å². The van der Waals surface area contributed by atoms with Gasteiger partial charge >= 0.3 is 5.69 Å². The van der Waals surface area contributed by atoms with Crippen molar-refractivity contribution in [1.82, 2.24) is 18.7 Å². The molecule has 3 rings (SSSR count). The molecule has 2 heterocycles. The number of methoxy groups -OCH3 is 1. The van der Waals surface area contributed by atoms with Crippen LogP contribution in [0.15, 0.2) is 34.1 Å². The predicted molar refractivity (Wildman–Crippen MR) is 106 cm³/mol. The summed E-state index contributed by atoms with van der Waals surface area (Å²) in [5.74, 6) is 0.463. The second kappa shape index (κ2) is 7.59. The zero-order chi connectivity index (χ0) is 20.4. The number of imidazole rings is 1. The van der Waals surface area contributed by atoms with E-state index in [0.717, 1.165) is 4.57 Å². The molecule has 2 aromatic heterocycles. The Morgan fingerprint density at radius 2 is 1.96 bits per heavy atom. The van der Waals surface area contributed by atoms with Crippen molar-refractivity contribution in [3.8, 4) is 5.75 Å². The molecule has 10 nitrogen and oxygen atoms in total. The van der Waals surface area contributed by atoms with E-state index in [1.54, 1.807) is 36.9 Å². The van der Waals surface area contributed by atoms with Gasteiger partial charge in [-0.1, -0.05) is 0 Å². The molecule has 3 aromatic rings. The molecular formula is C18H22N6O4. The summed E-state index contributed by atoms with van der Waals surface area (Å²) >= 11 is 0. The fraction of sp³-hybridized carbons (Fsp3) is 0.333. The van der Waals surface area contributed by atoms with Crippen molar-refractivity contribution in [2.45, 2.75) is 13.5 Å². The molecule has 0 spiro atoms. The minimum Gasteiger partial charge on any atom is -0.495 e. The van der Waals surface area contributed by atoms with Gasteiger partial charge in [0.2, 0.25) is 5.91 Å². The quantitative estimate of drug-likeness (QED) is 0.639. The van der Waals surface area contributed by atoms with Gasteiger partial charge in [-0.3, -0.25) is 18.7 Å². The maximum Gasteiger partial charge on any atom is 0.332 e. The van der Waals surface area contributed by atoms with Crippen LogP contribution in [0.1, 0.15) is 6.92 Å². The Morgan fingerprint density at radius 3 is 2.64 bits per heavy atom. The monoisotopic (exact) mass is 386 g/mol. The standard InChI is InChI=1S/C18H22N6O4/c1-11(25)21-12-5-6-14(28-4)13(9-12)19-7-8-24-10-20-16-15(24)17(26)23(3)18(27)22(16)2/h5-6,9-10,19H,7-8H2,1-4H3,(H,21,25). The Morgan fingerprint density at radius 1 is 1.21 bits per heavy atom. The molecule has 10 heteroatoms. The lowest BCUT2D eigenvalue weighted by Crippen LogP contribution is -2.37. The summed E-state index contributed by atoms with van der Waals surface area (Å²) < 4.78 is 9.46. The van der Waals surface area contributed by atoms with Gasteiger partial charge in [0.15, 0.2) is 11.2 Å². The molecule has 2 N–H and O–H groups in total. The Bertz CT molecular complexity index is 1160. The van der Waals surface area contributed by atoms with Crippen LogP contribution in [0.2, 0.25) is 0 Å². The van der Waals surface area contributed by atoms with Crippen LogP contribution >= 0.6 is 0 Å². The van der Waals surface area contributed by atoms with Crippen LogP contribution in [0.4, 0.5) is 11.4 Å². The van der Waals surface area contributed by atoms with Gasteiger partial charge in [0.05, 0.1) is 19.1 Å². The van der Waals surface area contributed by atoms with Crippen LogP contribution < -0.4 is 26.6 Å². The number of carbonyl (C=O) groups is 1. The van der Waals surface area contributed by atoms with E-state index in [9.17, 15) is 14.4 Å². The maximum absolute atomic E-state index is 12.5. The Hall–Kier alpha value is -3.56. The lowest BCUT2D eigenvalue weighted by Gasteiger charge is -2.14. The van der Waals surface area contributed by atoms with E-state index in [1.807, 2.05) is 0 Å². The zero-order valence-corrected chi connectivity index (χ0v) is 16.1. The van der Waals surface area contributed by atoms with Gasteiger partial charge in [-0.05, 0) is 18.2 Å². The lowest BCUT2D eigenvalue weighted by molar-refractivity contribution is -0.114. The van der Waals surface area contributed by atoms with Crippen molar-refractivity contribution in [2.75, 3.05) is 24.3 Å². The number of ether oxygens (including phenoxy) is 1. The Balaban J connectivity index is 1.83. The highest BCUT2D eigenvalue weighted by Gasteiger charge is 2.14. The second-order valence-corrected chi connectivity index (χ2v) is 6.34. The lowest BCUT2D eigenvalue weighted by atomic mass is 10.2. The number of nitrogens with one attached hydrogen (secondary N) is 2. The first kappa shape index (κ1) is 19.2. The molecule has 1 aromatic carbocycles. The van der Waals surface area contributed by atoms with Crippen molar-refractivity contribution < 1.29 is 9.53 Å². The molecule has 0 aliphatic rings. The third-order valence-electron chi connectivity index (χ3n) is 4.41. The largest absolute Gasteiger partial charge is 0.495 e. The first-order valence-electron chi connectivity index (χ1n) is 8.64. The van der Waals surface area contributed by atoms with E-state index < -0.39 is 5.69 Å². The summed E-state index contributed by atoms with van der Waals surface area (Å²) in [5, 5.41) is 5.96. The highest BCUT2D eigenvalue weighted by Crippen LogP contribution is 2.27. The van der Waals surface area contributed by atoms with Gasteiger partial charge in [-0.2, -0.15) is 0 Å². The van der Waals surface area contributed by atoms with Crippen LogP contribution in [0, 0.1) is 0 Å². The molecule has 0 saturated heterocycles. The number of amides is 1. The Kier molecular flexibility index (Phi) is 5.21. The van der Waals surface area contributed by atoms with Gasteiger partial charge < -0.3 is 19.9 Å². The molecule has 148 valence electrons. The number of benzene rings is 1. The topological polar surface area (TPSA) is 112 Å². The summed E-state index contributed by atoms with van der Waals surface area (Å²) in [4.78, 5) is 39.9. The number of aryl methyl sites for hydroxylation is 1. The molecule has 0 aliphatic carbocycles. The molecule has 0 aliphatic heterocycles. The van der Waals surface area contributed by atoms with Crippen molar-refractivity contribution in [1.29, 1.82) is 0 Å². The molecule has 0 saturated carbocycles. The first-order chi connectivity index (χ1) is 13.3. The SMILES string of the molecule is COc1ccc(NC(C)=O)cc1NCCn1cnc2c1c(=O)n(C)c(=O)n2C. The van der Waals surface area contributed by atoms with Crippen LogP contribution in [0.25, 0.3) is 11.2 Å².